The smallest absolute Gasteiger partial charge is 0.260 e. The fourth-order valence-corrected chi connectivity index (χ4v) is 5.00. The van der Waals surface area contributed by atoms with Gasteiger partial charge in [-0.25, -0.2) is 0 Å². The van der Waals surface area contributed by atoms with Crippen molar-refractivity contribution in [2.75, 3.05) is 33.2 Å². The molecule has 0 fully saturated rings. The molecular weight excluding hydrogens is 522 g/mol. The molecule has 0 spiro atoms. The maximum Gasteiger partial charge on any atom is 0.260 e. The second kappa shape index (κ2) is 11.8. The van der Waals surface area contributed by atoms with E-state index in [4.69, 9.17) is 24.7 Å². The Labute approximate surface area is 239 Å². The standard InChI is InChI=1S/C32H33N3O6/c1-19-12-30(28(38-3)14-25(19)20(2)36)40-10-5-11-41-31-16-27-26(15-29(31)39-4)32(37)35-18-22(13-24(35)17-34-27)21-6-8-23(33)9-7-21/h6-9,12,14-18,24H,5,10-11,13,33H2,1-4H3. The molecule has 1 unspecified atom stereocenters. The summed E-state index contributed by atoms with van der Waals surface area (Å²) in [5.41, 5.74) is 11.0. The lowest BCUT2D eigenvalue weighted by Gasteiger charge is -2.19. The van der Waals surface area contributed by atoms with Crippen molar-refractivity contribution in [2.45, 2.75) is 32.7 Å². The maximum atomic E-state index is 13.5. The first-order valence-electron chi connectivity index (χ1n) is 13.4. The highest BCUT2D eigenvalue weighted by Crippen LogP contribution is 2.40. The number of nitrogens with two attached hydrogens (primary N) is 1. The van der Waals surface area contributed by atoms with Gasteiger partial charge in [-0.1, -0.05) is 12.1 Å². The molecule has 0 radical (unpaired) electrons. The molecule has 0 aliphatic carbocycles. The molecule has 2 heterocycles. The predicted molar refractivity (Wildman–Crippen MR) is 158 cm³/mol. The average Bonchev–Trinajstić information content (AvgIpc) is 3.35. The molecule has 212 valence electrons. The Kier molecular flexibility index (Phi) is 7.96. The summed E-state index contributed by atoms with van der Waals surface area (Å²) in [4.78, 5) is 31.7. The van der Waals surface area contributed by atoms with E-state index in [0.29, 0.717) is 71.6 Å². The molecule has 0 saturated carbocycles. The van der Waals surface area contributed by atoms with E-state index in [2.05, 4.69) is 4.99 Å². The zero-order valence-corrected chi connectivity index (χ0v) is 23.6. The number of aliphatic imine (C=N–C) groups is 1. The zero-order valence-electron chi connectivity index (χ0n) is 23.6. The van der Waals surface area contributed by atoms with Crippen molar-refractivity contribution in [3.63, 3.8) is 0 Å². The summed E-state index contributed by atoms with van der Waals surface area (Å²) in [7, 11) is 3.08. The van der Waals surface area contributed by atoms with E-state index in [1.807, 2.05) is 37.4 Å². The highest BCUT2D eigenvalue weighted by Gasteiger charge is 2.33. The Hall–Kier alpha value is -4.79. The fraction of sp³-hybridized carbons (Fsp3) is 0.281. The summed E-state index contributed by atoms with van der Waals surface area (Å²) in [6, 6.07) is 14.4. The maximum absolute atomic E-state index is 13.5. The third kappa shape index (κ3) is 5.75. The van der Waals surface area contributed by atoms with Crippen molar-refractivity contribution in [2.24, 2.45) is 4.99 Å². The first kappa shape index (κ1) is 27.8. The molecule has 3 aromatic rings. The number of hydrogen-bond acceptors (Lipinski definition) is 8. The van der Waals surface area contributed by atoms with Crippen LogP contribution < -0.4 is 24.7 Å². The summed E-state index contributed by atoms with van der Waals surface area (Å²) in [5, 5.41) is 0. The topological polar surface area (TPSA) is 113 Å². The van der Waals surface area contributed by atoms with Crippen LogP contribution in [0.2, 0.25) is 0 Å². The van der Waals surface area contributed by atoms with Crippen LogP contribution in [-0.4, -0.2) is 56.3 Å². The van der Waals surface area contributed by atoms with Gasteiger partial charge in [0.1, 0.15) is 0 Å². The van der Waals surface area contributed by atoms with Gasteiger partial charge in [0.25, 0.3) is 5.91 Å². The third-order valence-electron chi connectivity index (χ3n) is 7.19. The summed E-state index contributed by atoms with van der Waals surface area (Å²) < 4.78 is 22.9. The number of rotatable bonds is 10. The van der Waals surface area contributed by atoms with E-state index in [0.717, 1.165) is 16.7 Å². The van der Waals surface area contributed by atoms with Crippen molar-refractivity contribution in [1.82, 2.24) is 4.90 Å². The molecule has 9 heteroatoms. The number of carbonyl (C=O) groups is 2. The van der Waals surface area contributed by atoms with Crippen LogP contribution >= 0.6 is 0 Å². The predicted octanol–water partition coefficient (Wildman–Crippen LogP) is 5.62. The monoisotopic (exact) mass is 555 g/mol. The van der Waals surface area contributed by atoms with Crippen molar-refractivity contribution < 1.29 is 28.5 Å². The van der Waals surface area contributed by atoms with Crippen molar-refractivity contribution >= 4 is 34.9 Å². The number of anilines is 1. The molecule has 0 bridgehead atoms. The van der Waals surface area contributed by atoms with Gasteiger partial charge < -0.3 is 29.6 Å². The van der Waals surface area contributed by atoms with E-state index >= 15 is 0 Å². The van der Waals surface area contributed by atoms with E-state index in [-0.39, 0.29) is 17.7 Å². The van der Waals surface area contributed by atoms with Crippen LogP contribution in [0.15, 0.2) is 59.7 Å². The minimum atomic E-state index is -0.180. The molecule has 0 aromatic heterocycles. The number of benzene rings is 3. The summed E-state index contributed by atoms with van der Waals surface area (Å²) in [5.74, 6) is 1.85. The number of Topliss-reactive ketones (excluding diaryl/α,β-unsaturated/α-hetero) is 1. The van der Waals surface area contributed by atoms with Gasteiger partial charge in [0.05, 0.1) is 44.7 Å². The molecule has 2 aliphatic heterocycles. The van der Waals surface area contributed by atoms with Gasteiger partial charge in [-0.2, -0.15) is 0 Å². The number of methoxy groups -OCH3 is 2. The number of amides is 1. The van der Waals surface area contributed by atoms with Crippen molar-refractivity contribution in [1.29, 1.82) is 0 Å². The first-order chi connectivity index (χ1) is 19.8. The molecule has 0 saturated heterocycles. The molecule has 41 heavy (non-hydrogen) atoms. The van der Waals surface area contributed by atoms with Crippen LogP contribution in [0.4, 0.5) is 11.4 Å². The van der Waals surface area contributed by atoms with Gasteiger partial charge in [-0.05, 0) is 60.9 Å². The van der Waals surface area contributed by atoms with Gasteiger partial charge in [0, 0.05) is 42.6 Å². The molecule has 1 amide bonds. The third-order valence-corrected chi connectivity index (χ3v) is 7.19. The normalized spacial score (nSPS) is 15.5. The number of fused-ring (bicyclic) bond motifs is 2. The summed E-state index contributed by atoms with van der Waals surface area (Å²) in [6.45, 7) is 4.11. The van der Waals surface area contributed by atoms with Crippen LogP contribution in [0.1, 0.15) is 51.6 Å². The Morgan fingerprint density at radius 1 is 0.976 bits per heavy atom. The number of hydrogen-bond donors (Lipinski definition) is 1. The number of carbonyl (C=O) groups excluding carboxylic acids is 2. The van der Waals surface area contributed by atoms with Gasteiger partial charge in [0.15, 0.2) is 28.8 Å². The Bertz CT molecular complexity index is 1540. The number of aryl methyl sites for hydroxylation is 1. The van der Waals surface area contributed by atoms with Crippen LogP contribution in [0.3, 0.4) is 0 Å². The van der Waals surface area contributed by atoms with Crippen LogP contribution in [0.5, 0.6) is 23.0 Å². The average molecular weight is 556 g/mol. The van der Waals surface area contributed by atoms with Gasteiger partial charge in [-0.3, -0.25) is 14.6 Å². The Morgan fingerprint density at radius 2 is 1.63 bits per heavy atom. The number of nitrogen functional groups attached to an aromatic ring is 1. The van der Waals surface area contributed by atoms with Gasteiger partial charge in [-0.15, -0.1) is 0 Å². The van der Waals surface area contributed by atoms with E-state index in [1.165, 1.54) is 6.92 Å². The van der Waals surface area contributed by atoms with E-state index in [1.54, 1.807) is 49.6 Å². The molecule has 3 aromatic carbocycles. The minimum absolute atomic E-state index is 0.0266. The zero-order chi connectivity index (χ0) is 29.1. The summed E-state index contributed by atoms with van der Waals surface area (Å²) in [6.07, 6.45) is 4.94. The lowest BCUT2D eigenvalue weighted by molar-refractivity contribution is 0.0817. The number of ketones is 1. The lowest BCUT2D eigenvalue weighted by atomic mass is 10.0. The largest absolute Gasteiger partial charge is 0.493 e. The molecule has 2 aliphatic rings. The molecule has 5 rings (SSSR count). The molecular formula is C32H33N3O6. The molecule has 9 nitrogen and oxygen atoms in total. The number of nitrogens with zero attached hydrogens (tertiary/aromatic N) is 2. The van der Waals surface area contributed by atoms with Gasteiger partial charge >= 0.3 is 0 Å². The van der Waals surface area contributed by atoms with Crippen molar-refractivity contribution in [3.05, 3.63) is 77.0 Å². The first-order valence-corrected chi connectivity index (χ1v) is 13.4. The van der Waals surface area contributed by atoms with Crippen molar-refractivity contribution in [3.8, 4) is 23.0 Å². The SMILES string of the molecule is COc1cc(C(C)=O)c(C)cc1OCCCOc1cc2c(cc1OC)C(=O)N1C=C(c3ccc(N)cc3)CC1C=N2. The minimum Gasteiger partial charge on any atom is -0.493 e. The van der Waals surface area contributed by atoms with Gasteiger partial charge in [0.2, 0.25) is 0 Å². The lowest BCUT2D eigenvalue weighted by Crippen LogP contribution is -2.32. The highest BCUT2D eigenvalue weighted by atomic mass is 16.5. The van der Waals surface area contributed by atoms with Crippen LogP contribution in [0.25, 0.3) is 5.57 Å². The Balaban J connectivity index is 1.25. The fourth-order valence-electron chi connectivity index (χ4n) is 5.00. The van der Waals surface area contributed by atoms with Crippen LogP contribution in [-0.2, 0) is 0 Å². The van der Waals surface area contributed by atoms with E-state index < -0.39 is 0 Å². The summed E-state index contributed by atoms with van der Waals surface area (Å²) >= 11 is 0. The quantitative estimate of drug-likeness (QED) is 0.196. The van der Waals surface area contributed by atoms with Crippen LogP contribution in [0, 0.1) is 6.92 Å². The molecule has 1 atom stereocenters. The molecule has 2 N–H and O–H groups in total. The second-order valence-electron chi connectivity index (χ2n) is 9.98. The van der Waals surface area contributed by atoms with E-state index in [9.17, 15) is 9.59 Å². The Morgan fingerprint density at radius 3 is 2.29 bits per heavy atom. The highest BCUT2D eigenvalue weighted by molar-refractivity contribution is 6.05. The number of ether oxygens (including phenoxy) is 4. The second-order valence-corrected chi connectivity index (χ2v) is 9.98.